The van der Waals surface area contributed by atoms with Crippen LogP contribution in [0.5, 0.6) is 0 Å². The Morgan fingerprint density at radius 2 is 1.79 bits per heavy atom. The number of halogens is 1. The maximum atomic E-state index is 13.5. The minimum Gasteiger partial charge on any atom is -0.350 e. The number of fused-ring (bicyclic) bond motifs is 1. The molecule has 0 spiro atoms. The number of nitrogens with zero attached hydrogens (tertiary/aromatic N) is 1. The second-order valence-electron chi connectivity index (χ2n) is 5.87. The molecular weight excluding hydrogens is 307 g/mol. The van der Waals surface area contributed by atoms with E-state index in [1.54, 1.807) is 11.6 Å². The molecule has 0 aliphatic carbocycles. The molecular formula is C19H17FN2O2. The van der Waals surface area contributed by atoms with E-state index in [-0.39, 0.29) is 10.9 Å². The molecule has 122 valence electrons. The maximum Gasteiger partial charge on any atom is 0.261 e. The lowest BCUT2D eigenvalue weighted by Crippen LogP contribution is -2.24. The minimum atomic E-state index is -0.507. The first kappa shape index (κ1) is 15.9. The summed E-state index contributed by atoms with van der Waals surface area (Å²) in [6, 6.07) is 9.65. The fourth-order valence-corrected chi connectivity index (χ4v) is 2.82. The highest BCUT2D eigenvalue weighted by molar-refractivity contribution is 6.06. The van der Waals surface area contributed by atoms with Gasteiger partial charge in [-0.05, 0) is 43.2 Å². The Morgan fingerprint density at radius 3 is 2.46 bits per heavy atom. The number of carbonyl (C=O) groups excluding carboxylic acids is 1. The molecule has 0 aliphatic rings. The Kier molecular flexibility index (Phi) is 3.93. The van der Waals surface area contributed by atoms with Crippen LogP contribution in [-0.4, -0.2) is 10.5 Å². The SMILES string of the molecule is Cc1cccc(C)c1NC(=O)c1cn(C)c2ccc(F)cc2c1=O. The number of benzene rings is 2. The van der Waals surface area contributed by atoms with Crippen LogP contribution in [0.1, 0.15) is 21.5 Å². The lowest BCUT2D eigenvalue weighted by atomic mass is 10.1. The number of anilines is 1. The zero-order valence-corrected chi connectivity index (χ0v) is 13.7. The van der Waals surface area contributed by atoms with Gasteiger partial charge in [0, 0.05) is 24.3 Å². The van der Waals surface area contributed by atoms with Crippen LogP contribution >= 0.6 is 0 Å². The van der Waals surface area contributed by atoms with E-state index in [4.69, 9.17) is 0 Å². The van der Waals surface area contributed by atoms with Gasteiger partial charge in [0.15, 0.2) is 0 Å². The summed E-state index contributed by atoms with van der Waals surface area (Å²) in [5, 5.41) is 2.98. The Labute approximate surface area is 138 Å². The number of carbonyl (C=O) groups is 1. The van der Waals surface area contributed by atoms with E-state index >= 15 is 0 Å². The smallest absolute Gasteiger partial charge is 0.261 e. The topological polar surface area (TPSA) is 51.1 Å². The van der Waals surface area contributed by atoms with Crippen LogP contribution in [0.2, 0.25) is 0 Å². The van der Waals surface area contributed by atoms with Crippen molar-refractivity contribution >= 4 is 22.5 Å². The third kappa shape index (κ3) is 2.69. The van der Waals surface area contributed by atoms with Gasteiger partial charge < -0.3 is 9.88 Å². The number of aryl methyl sites for hydroxylation is 3. The van der Waals surface area contributed by atoms with Gasteiger partial charge in [0.25, 0.3) is 5.91 Å². The second-order valence-corrected chi connectivity index (χ2v) is 5.87. The summed E-state index contributed by atoms with van der Waals surface area (Å²) in [6.45, 7) is 3.77. The van der Waals surface area contributed by atoms with Crippen LogP contribution in [0.4, 0.5) is 10.1 Å². The molecule has 1 heterocycles. The van der Waals surface area contributed by atoms with Gasteiger partial charge in [-0.2, -0.15) is 0 Å². The molecule has 3 rings (SSSR count). The van der Waals surface area contributed by atoms with Crippen molar-refractivity contribution in [1.82, 2.24) is 4.57 Å². The minimum absolute atomic E-state index is 0.0155. The van der Waals surface area contributed by atoms with Crippen molar-refractivity contribution in [2.24, 2.45) is 7.05 Å². The average molecular weight is 324 g/mol. The Hall–Kier alpha value is -2.95. The van der Waals surface area contributed by atoms with Gasteiger partial charge in [-0.15, -0.1) is 0 Å². The highest BCUT2D eigenvalue weighted by Gasteiger charge is 2.16. The third-order valence-corrected chi connectivity index (χ3v) is 4.11. The molecule has 1 N–H and O–H groups in total. The molecule has 1 amide bonds. The fraction of sp³-hybridized carbons (Fsp3) is 0.158. The van der Waals surface area contributed by atoms with Crippen molar-refractivity contribution in [2.75, 3.05) is 5.32 Å². The van der Waals surface area contributed by atoms with E-state index in [2.05, 4.69) is 5.32 Å². The second kappa shape index (κ2) is 5.92. The Balaban J connectivity index is 2.11. The molecule has 0 unspecified atom stereocenters. The fourth-order valence-electron chi connectivity index (χ4n) is 2.82. The van der Waals surface area contributed by atoms with Crippen LogP contribution < -0.4 is 10.7 Å². The molecule has 0 fully saturated rings. The first-order chi connectivity index (χ1) is 11.4. The molecule has 4 nitrogen and oxygen atoms in total. The highest BCUT2D eigenvalue weighted by Crippen LogP contribution is 2.20. The average Bonchev–Trinajstić information content (AvgIpc) is 2.54. The zero-order chi connectivity index (χ0) is 17.4. The number of rotatable bonds is 2. The number of pyridine rings is 1. The molecule has 0 saturated carbocycles. The monoisotopic (exact) mass is 324 g/mol. The summed E-state index contributed by atoms with van der Waals surface area (Å²) in [4.78, 5) is 25.2. The van der Waals surface area contributed by atoms with Crippen LogP contribution in [0.25, 0.3) is 10.9 Å². The van der Waals surface area contributed by atoms with Gasteiger partial charge in [-0.25, -0.2) is 4.39 Å². The van der Waals surface area contributed by atoms with E-state index in [0.717, 1.165) is 17.2 Å². The normalized spacial score (nSPS) is 10.8. The summed E-state index contributed by atoms with van der Waals surface area (Å²) in [6.07, 6.45) is 1.48. The summed E-state index contributed by atoms with van der Waals surface area (Å²) in [5.41, 5.74) is 2.58. The Bertz CT molecular complexity index is 1000. The van der Waals surface area contributed by atoms with E-state index < -0.39 is 17.2 Å². The van der Waals surface area contributed by atoms with Crippen LogP contribution in [0.3, 0.4) is 0 Å². The van der Waals surface area contributed by atoms with Crippen LogP contribution in [0.15, 0.2) is 47.4 Å². The Morgan fingerprint density at radius 1 is 1.12 bits per heavy atom. The largest absolute Gasteiger partial charge is 0.350 e. The summed E-state index contributed by atoms with van der Waals surface area (Å²) in [5.74, 6) is -1.01. The molecule has 0 aliphatic heterocycles. The summed E-state index contributed by atoms with van der Waals surface area (Å²) < 4.78 is 15.1. The quantitative estimate of drug-likeness (QED) is 0.784. The van der Waals surface area contributed by atoms with Crippen LogP contribution in [-0.2, 0) is 7.05 Å². The molecule has 3 aromatic rings. The van der Waals surface area contributed by atoms with Crippen molar-refractivity contribution in [3.63, 3.8) is 0 Å². The van der Waals surface area contributed by atoms with Crippen LogP contribution in [0, 0.1) is 19.7 Å². The van der Waals surface area contributed by atoms with Gasteiger partial charge in [0.1, 0.15) is 11.4 Å². The first-order valence-electron chi connectivity index (χ1n) is 7.55. The molecule has 5 heteroatoms. The van der Waals surface area contributed by atoms with E-state index in [1.165, 1.54) is 18.3 Å². The van der Waals surface area contributed by atoms with E-state index in [1.807, 2.05) is 32.0 Å². The van der Waals surface area contributed by atoms with Gasteiger partial charge in [0.2, 0.25) is 5.43 Å². The van der Waals surface area contributed by atoms with Crippen molar-refractivity contribution in [1.29, 1.82) is 0 Å². The lowest BCUT2D eigenvalue weighted by molar-refractivity contribution is 0.102. The van der Waals surface area contributed by atoms with Crippen molar-refractivity contribution in [3.05, 3.63) is 75.3 Å². The van der Waals surface area contributed by atoms with Crippen molar-refractivity contribution in [3.8, 4) is 0 Å². The third-order valence-electron chi connectivity index (χ3n) is 4.11. The number of nitrogens with one attached hydrogen (secondary N) is 1. The molecule has 24 heavy (non-hydrogen) atoms. The van der Waals surface area contributed by atoms with Gasteiger partial charge >= 0.3 is 0 Å². The van der Waals surface area contributed by atoms with E-state index in [0.29, 0.717) is 11.2 Å². The summed E-state index contributed by atoms with van der Waals surface area (Å²) >= 11 is 0. The maximum absolute atomic E-state index is 13.5. The molecule has 0 radical (unpaired) electrons. The van der Waals surface area contributed by atoms with Gasteiger partial charge in [0.05, 0.1) is 5.52 Å². The van der Waals surface area contributed by atoms with Gasteiger partial charge in [-0.1, -0.05) is 18.2 Å². The number of para-hydroxylation sites is 1. The molecule has 0 bridgehead atoms. The first-order valence-corrected chi connectivity index (χ1v) is 7.55. The van der Waals surface area contributed by atoms with E-state index in [9.17, 15) is 14.0 Å². The zero-order valence-electron chi connectivity index (χ0n) is 13.7. The highest BCUT2D eigenvalue weighted by atomic mass is 19.1. The molecule has 0 saturated heterocycles. The van der Waals surface area contributed by atoms with Crippen molar-refractivity contribution < 1.29 is 9.18 Å². The predicted octanol–water partition coefficient (Wildman–Crippen LogP) is 3.55. The predicted molar refractivity (Wildman–Crippen MR) is 93.0 cm³/mol. The lowest BCUT2D eigenvalue weighted by Gasteiger charge is -2.13. The standard InChI is InChI=1S/C19H17FN2O2/c1-11-5-4-6-12(2)17(11)21-19(24)15-10-22(3)16-8-7-13(20)9-14(16)18(15)23/h4-10H,1-3H3,(H,21,24). The number of hydrogen-bond acceptors (Lipinski definition) is 2. The number of amides is 1. The molecule has 0 atom stereocenters. The molecule has 2 aromatic carbocycles. The summed E-state index contributed by atoms with van der Waals surface area (Å²) in [7, 11) is 1.72. The molecule has 1 aromatic heterocycles. The van der Waals surface area contributed by atoms with Gasteiger partial charge in [-0.3, -0.25) is 9.59 Å². The van der Waals surface area contributed by atoms with Crippen molar-refractivity contribution in [2.45, 2.75) is 13.8 Å². The number of hydrogen-bond donors (Lipinski definition) is 1. The number of aromatic nitrogens is 1.